The number of nitrogens with one attached hydrogen (secondary N) is 2. The zero-order chi connectivity index (χ0) is 19.0. The van der Waals surface area contributed by atoms with E-state index >= 15 is 0 Å². The van der Waals surface area contributed by atoms with Gasteiger partial charge >= 0.3 is 0 Å². The van der Waals surface area contributed by atoms with Gasteiger partial charge in [0, 0.05) is 5.92 Å². The molecule has 1 amide bonds. The molecule has 0 unspecified atom stereocenters. The molecule has 3 aromatic rings. The fourth-order valence-electron chi connectivity index (χ4n) is 2.93. The first-order valence-corrected chi connectivity index (χ1v) is 9.98. The third-order valence-corrected chi connectivity index (χ3v) is 5.46. The Bertz CT molecular complexity index is 971. The van der Waals surface area contributed by atoms with Crippen molar-refractivity contribution in [3.8, 4) is 5.69 Å². The molecule has 7 nitrogen and oxygen atoms in total. The van der Waals surface area contributed by atoms with E-state index in [0.29, 0.717) is 11.1 Å². The first-order chi connectivity index (χ1) is 13.0. The fraction of sp³-hybridized carbons (Fsp3) is 0.368. The normalized spacial score (nSPS) is 13.7. The quantitative estimate of drug-likeness (QED) is 0.637. The van der Waals surface area contributed by atoms with Crippen LogP contribution in [0, 0.1) is 20.8 Å². The SMILES string of the molecule is Cc1ccc(-n2nc(C)c(NC(=O)CSc3n[nH]c(C4CC4)n3)c2C)cc1. The summed E-state index contributed by atoms with van der Waals surface area (Å²) >= 11 is 1.34. The van der Waals surface area contributed by atoms with Crippen molar-refractivity contribution >= 4 is 23.4 Å². The van der Waals surface area contributed by atoms with Crippen molar-refractivity contribution in [2.24, 2.45) is 0 Å². The molecule has 2 N–H and O–H groups in total. The minimum absolute atomic E-state index is 0.0903. The molecule has 0 saturated heterocycles. The Labute approximate surface area is 162 Å². The van der Waals surface area contributed by atoms with Crippen LogP contribution in [0.2, 0.25) is 0 Å². The lowest BCUT2D eigenvalue weighted by Crippen LogP contribution is -2.15. The van der Waals surface area contributed by atoms with Gasteiger partial charge in [-0.3, -0.25) is 9.89 Å². The largest absolute Gasteiger partial charge is 0.322 e. The maximum absolute atomic E-state index is 12.4. The van der Waals surface area contributed by atoms with E-state index in [1.54, 1.807) is 0 Å². The third kappa shape index (κ3) is 3.90. The van der Waals surface area contributed by atoms with Gasteiger partial charge in [0.2, 0.25) is 11.1 Å². The second kappa shape index (κ2) is 7.19. The van der Waals surface area contributed by atoms with E-state index in [2.05, 4.69) is 32.5 Å². The van der Waals surface area contributed by atoms with E-state index < -0.39 is 0 Å². The first-order valence-electron chi connectivity index (χ1n) is 8.99. The van der Waals surface area contributed by atoms with Crippen LogP contribution in [0.5, 0.6) is 0 Å². The average molecular weight is 382 g/mol. The van der Waals surface area contributed by atoms with Gasteiger partial charge in [-0.1, -0.05) is 29.5 Å². The van der Waals surface area contributed by atoms with Gasteiger partial charge in [0.15, 0.2) is 0 Å². The number of nitrogens with zero attached hydrogens (tertiary/aromatic N) is 4. The molecular weight excluding hydrogens is 360 g/mol. The number of hydrogen-bond acceptors (Lipinski definition) is 5. The van der Waals surface area contributed by atoms with Crippen molar-refractivity contribution in [1.29, 1.82) is 0 Å². The van der Waals surface area contributed by atoms with Crippen LogP contribution in [0.4, 0.5) is 5.69 Å². The highest BCUT2D eigenvalue weighted by Crippen LogP contribution is 2.38. The van der Waals surface area contributed by atoms with Crippen LogP contribution in [0.25, 0.3) is 5.69 Å². The van der Waals surface area contributed by atoms with Crippen LogP contribution in [0.3, 0.4) is 0 Å². The number of hydrogen-bond donors (Lipinski definition) is 2. The van der Waals surface area contributed by atoms with Crippen LogP contribution in [0.15, 0.2) is 29.4 Å². The second-order valence-corrected chi connectivity index (χ2v) is 7.85. The van der Waals surface area contributed by atoms with Crippen molar-refractivity contribution in [2.45, 2.75) is 44.7 Å². The Balaban J connectivity index is 1.42. The lowest BCUT2D eigenvalue weighted by atomic mass is 10.2. The molecule has 0 atom stereocenters. The molecule has 1 saturated carbocycles. The first kappa shape index (κ1) is 17.8. The summed E-state index contributed by atoms with van der Waals surface area (Å²) in [4.78, 5) is 16.8. The fourth-order valence-corrected chi connectivity index (χ4v) is 3.53. The van der Waals surface area contributed by atoms with Gasteiger partial charge in [-0.25, -0.2) is 9.67 Å². The molecule has 27 heavy (non-hydrogen) atoms. The number of aromatic amines is 1. The zero-order valence-electron chi connectivity index (χ0n) is 15.6. The molecule has 8 heteroatoms. The number of aromatic nitrogens is 5. The molecule has 0 spiro atoms. The van der Waals surface area contributed by atoms with Crippen molar-refractivity contribution in [1.82, 2.24) is 25.0 Å². The number of carbonyl (C=O) groups excluding carboxylic acids is 1. The van der Waals surface area contributed by atoms with Crippen LogP contribution >= 0.6 is 11.8 Å². The van der Waals surface area contributed by atoms with Crippen molar-refractivity contribution in [3.63, 3.8) is 0 Å². The molecule has 1 aliphatic carbocycles. The number of amides is 1. The maximum Gasteiger partial charge on any atom is 0.234 e. The highest BCUT2D eigenvalue weighted by molar-refractivity contribution is 7.99. The molecular formula is C19H22N6OS. The number of rotatable bonds is 6. The number of carbonyl (C=O) groups is 1. The van der Waals surface area contributed by atoms with Gasteiger partial charge in [-0.05, 0) is 45.7 Å². The lowest BCUT2D eigenvalue weighted by Gasteiger charge is -2.07. The smallest absolute Gasteiger partial charge is 0.234 e. The van der Waals surface area contributed by atoms with E-state index in [9.17, 15) is 4.79 Å². The summed E-state index contributed by atoms with van der Waals surface area (Å²) in [5.41, 5.74) is 4.63. The molecule has 0 bridgehead atoms. The van der Waals surface area contributed by atoms with Crippen molar-refractivity contribution in [3.05, 3.63) is 47.0 Å². The molecule has 1 aliphatic rings. The summed E-state index contributed by atoms with van der Waals surface area (Å²) in [5, 5.41) is 15.3. The summed E-state index contributed by atoms with van der Waals surface area (Å²) in [5.74, 6) is 1.63. The van der Waals surface area contributed by atoms with Gasteiger partial charge in [0.1, 0.15) is 5.82 Å². The van der Waals surface area contributed by atoms with Crippen LogP contribution in [0.1, 0.15) is 41.5 Å². The Kier molecular flexibility index (Phi) is 4.73. The molecule has 1 fully saturated rings. The molecule has 0 aliphatic heterocycles. The Hall–Kier alpha value is -2.61. The number of anilines is 1. The van der Waals surface area contributed by atoms with Crippen molar-refractivity contribution < 1.29 is 4.79 Å². The average Bonchev–Trinajstić information content (AvgIpc) is 3.34. The zero-order valence-corrected chi connectivity index (χ0v) is 16.4. The summed E-state index contributed by atoms with van der Waals surface area (Å²) in [6.07, 6.45) is 2.34. The molecule has 0 radical (unpaired) electrons. The van der Waals surface area contributed by atoms with E-state index in [1.165, 1.54) is 30.2 Å². The predicted molar refractivity (Wildman–Crippen MR) is 105 cm³/mol. The summed E-state index contributed by atoms with van der Waals surface area (Å²) in [7, 11) is 0. The third-order valence-electron chi connectivity index (χ3n) is 4.61. The van der Waals surface area contributed by atoms with Crippen LogP contribution < -0.4 is 5.32 Å². The second-order valence-electron chi connectivity index (χ2n) is 6.91. The van der Waals surface area contributed by atoms with Gasteiger partial charge in [-0.15, -0.1) is 5.10 Å². The Morgan fingerprint density at radius 1 is 1.26 bits per heavy atom. The van der Waals surface area contributed by atoms with Gasteiger partial charge in [0.25, 0.3) is 0 Å². The van der Waals surface area contributed by atoms with Gasteiger partial charge in [-0.2, -0.15) is 5.10 Å². The summed E-state index contributed by atoms with van der Waals surface area (Å²) in [6, 6.07) is 8.15. The monoisotopic (exact) mass is 382 g/mol. The Morgan fingerprint density at radius 2 is 2.00 bits per heavy atom. The minimum Gasteiger partial charge on any atom is -0.322 e. The van der Waals surface area contributed by atoms with E-state index in [4.69, 9.17) is 0 Å². The van der Waals surface area contributed by atoms with Crippen LogP contribution in [-0.4, -0.2) is 36.6 Å². The summed E-state index contributed by atoms with van der Waals surface area (Å²) < 4.78 is 1.86. The number of aryl methyl sites for hydroxylation is 2. The van der Waals surface area contributed by atoms with E-state index in [-0.39, 0.29) is 11.7 Å². The summed E-state index contributed by atoms with van der Waals surface area (Å²) in [6.45, 7) is 5.91. The maximum atomic E-state index is 12.4. The van der Waals surface area contributed by atoms with Gasteiger partial charge < -0.3 is 5.32 Å². The number of benzene rings is 1. The number of H-pyrrole nitrogens is 1. The molecule has 2 aromatic heterocycles. The van der Waals surface area contributed by atoms with E-state index in [0.717, 1.165) is 28.6 Å². The lowest BCUT2D eigenvalue weighted by molar-refractivity contribution is -0.113. The van der Waals surface area contributed by atoms with Crippen LogP contribution in [-0.2, 0) is 4.79 Å². The predicted octanol–water partition coefficient (Wildman–Crippen LogP) is 3.52. The highest BCUT2D eigenvalue weighted by atomic mass is 32.2. The topological polar surface area (TPSA) is 88.5 Å². The minimum atomic E-state index is -0.0903. The highest BCUT2D eigenvalue weighted by Gasteiger charge is 2.27. The Morgan fingerprint density at radius 3 is 2.70 bits per heavy atom. The molecule has 140 valence electrons. The standard InChI is InChI=1S/C19H22N6OS/c1-11-4-8-15(9-5-11)25-13(3)17(12(2)24-25)20-16(26)10-27-19-21-18(22-23-19)14-6-7-14/h4-5,8-9,14H,6-7,10H2,1-3H3,(H,20,26)(H,21,22,23). The molecule has 1 aromatic carbocycles. The number of thioether (sulfide) groups is 1. The molecule has 4 rings (SSSR count). The van der Waals surface area contributed by atoms with Gasteiger partial charge in [0.05, 0.1) is 28.5 Å². The van der Waals surface area contributed by atoms with E-state index in [1.807, 2.05) is 42.8 Å². The van der Waals surface area contributed by atoms with Crippen molar-refractivity contribution in [2.75, 3.05) is 11.1 Å². The molecule has 2 heterocycles.